The van der Waals surface area contributed by atoms with Gasteiger partial charge in [0.25, 0.3) is 0 Å². The zero-order valence-corrected chi connectivity index (χ0v) is 11.6. The quantitative estimate of drug-likeness (QED) is 0.739. The molecule has 6 nitrogen and oxygen atoms in total. The molecule has 0 amide bonds. The summed E-state index contributed by atoms with van der Waals surface area (Å²) in [5, 5.41) is 16.7. The second-order valence-electron chi connectivity index (χ2n) is 4.84. The topological polar surface area (TPSA) is 79.3 Å². The second-order valence-corrected chi connectivity index (χ2v) is 4.84. The van der Waals surface area contributed by atoms with Gasteiger partial charge in [0, 0.05) is 45.2 Å². The molecule has 1 aliphatic heterocycles. The Balaban J connectivity index is 2.06. The predicted molar refractivity (Wildman–Crippen MR) is 74.4 cm³/mol. The van der Waals surface area contributed by atoms with Gasteiger partial charge < -0.3 is 20.5 Å². The molecule has 1 aliphatic rings. The van der Waals surface area contributed by atoms with Crippen molar-refractivity contribution in [1.82, 2.24) is 9.97 Å². The van der Waals surface area contributed by atoms with Gasteiger partial charge in [-0.3, -0.25) is 0 Å². The highest BCUT2D eigenvalue weighted by Gasteiger charge is 2.29. The third kappa shape index (κ3) is 3.33. The third-order valence-corrected chi connectivity index (χ3v) is 3.54. The Kier molecular flexibility index (Phi) is 4.55. The Hall–Kier alpha value is -1.40. The first-order valence-corrected chi connectivity index (χ1v) is 6.74. The smallest absolute Gasteiger partial charge is 0.134 e. The molecular weight excluding hydrogens is 244 g/mol. The van der Waals surface area contributed by atoms with Crippen molar-refractivity contribution in [2.45, 2.75) is 31.8 Å². The number of anilines is 2. The van der Waals surface area contributed by atoms with Crippen molar-refractivity contribution in [3.8, 4) is 0 Å². The van der Waals surface area contributed by atoms with Crippen LogP contribution in [-0.4, -0.2) is 47.5 Å². The number of hydrogen-bond acceptors (Lipinski definition) is 6. The molecular formula is C13H22N4O2. The van der Waals surface area contributed by atoms with Crippen LogP contribution in [0.4, 0.5) is 11.6 Å². The van der Waals surface area contributed by atoms with Crippen LogP contribution in [0.2, 0.25) is 0 Å². The highest BCUT2D eigenvalue weighted by atomic mass is 16.5. The van der Waals surface area contributed by atoms with Crippen LogP contribution in [0.3, 0.4) is 0 Å². The zero-order valence-electron chi connectivity index (χ0n) is 11.6. The lowest BCUT2D eigenvalue weighted by Crippen LogP contribution is -2.42. The average molecular weight is 266 g/mol. The van der Waals surface area contributed by atoms with Crippen molar-refractivity contribution in [2.75, 3.05) is 37.4 Å². The fraction of sp³-hybridized carbons (Fsp3) is 0.692. The van der Waals surface area contributed by atoms with Crippen LogP contribution in [0.25, 0.3) is 0 Å². The molecule has 0 atom stereocenters. The molecule has 0 bridgehead atoms. The van der Waals surface area contributed by atoms with E-state index < -0.39 is 5.60 Å². The first-order chi connectivity index (χ1) is 9.18. The number of hydrogen-bond donors (Lipinski definition) is 3. The minimum atomic E-state index is -0.700. The Morgan fingerprint density at radius 1 is 1.32 bits per heavy atom. The largest absolute Gasteiger partial charge is 0.388 e. The van der Waals surface area contributed by atoms with Gasteiger partial charge in [0.1, 0.15) is 18.0 Å². The van der Waals surface area contributed by atoms with Crippen LogP contribution < -0.4 is 10.6 Å². The first-order valence-electron chi connectivity index (χ1n) is 6.74. The van der Waals surface area contributed by atoms with E-state index in [2.05, 4.69) is 27.5 Å². The summed E-state index contributed by atoms with van der Waals surface area (Å²) in [5.74, 6) is 1.63. The number of aromatic nitrogens is 2. The molecule has 19 heavy (non-hydrogen) atoms. The van der Waals surface area contributed by atoms with E-state index in [9.17, 15) is 5.11 Å². The van der Waals surface area contributed by atoms with Crippen LogP contribution in [0.15, 0.2) is 6.33 Å². The highest BCUT2D eigenvalue weighted by Crippen LogP contribution is 2.24. The molecule has 1 aromatic heterocycles. The van der Waals surface area contributed by atoms with Gasteiger partial charge in [-0.05, 0) is 6.42 Å². The van der Waals surface area contributed by atoms with Gasteiger partial charge >= 0.3 is 0 Å². The maximum absolute atomic E-state index is 10.4. The Bertz CT molecular complexity index is 419. The lowest BCUT2D eigenvalue weighted by atomic mass is 9.94. The number of nitrogens with zero attached hydrogens (tertiary/aromatic N) is 2. The molecule has 0 aliphatic carbocycles. The lowest BCUT2D eigenvalue weighted by Gasteiger charge is -2.32. The van der Waals surface area contributed by atoms with Crippen LogP contribution >= 0.6 is 0 Å². The zero-order chi connectivity index (χ0) is 13.7. The van der Waals surface area contributed by atoms with Gasteiger partial charge in [-0.25, -0.2) is 9.97 Å². The molecule has 0 radical (unpaired) electrons. The molecule has 1 aromatic rings. The van der Waals surface area contributed by atoms with E-state index >= 15 is 0 Å². The number of rotatable bonds is 5. The molecule has 2 rings (SSSR count). The van der Waals surface area contributed by atoms with E-state index in [4.69, 9.17) is 4.74 Å². The van der Waals surface area contributed by atoms with E-state index in [1.807, 2.05) is 7.05 Å². The Labute approximate surface area is 113 Å². The molecule has 3 N–H and O–H groups in total. The molecule has 0 unspecified atom stereocenters. The van der Waals surface area contributed by atoms with Gasteiger partial charge in [-0.15, -0.1) is 0 Å². The summed E-state index contributed by atoms with van der Waals surface area (Å²) >= 11 is 0. The van der Waals surface area contributed by atoms with Crippen molar-refractivity contribution in [1.29, 1.82) is 0 Å². The van der Waals surface area contributed by atoms with Crippen molar-refractivity contribution in [3.05, 3.63) is 11.9 Å². The molecule has 0 spiro atoms. The highest BCUT2D eigenvalue weighted by molar-refractivity contribution is 5.57. The molecule has 1 saturated heterocycles. The summed E-state index contributed by atoms with van der Waals surface area (Å²) in [4.78, 5) is 8.47. The van der Waals surface area contributed by atoms with Crippen LogP contribution in [0.5, 0.6) is 0 Å². The van der Waals surface area contributed by atoms with Crippen molar-refractivity contribution >= 4 is 11.6 Å². The average Bonchev–Trinajstić information content (AvgIpc) is 2.45. The van der Waals surface area contributed by atoms with E-state index in [0.717, 1.165) is 23.6 Å². The van der Waals surface area contributed by atoms with Crippen LogP contribution in [-0.2, 0) is 11.2 Å². The summed E-state index contributed by atoms with van der Waals surface area (Å²) in [6, 6.07) is 0. The van der Waals surface area contributed by atoms with Gasteiger partial charge in [-0.1, -0.05) is 6.92 Å². The summed E-state index contributed by atoms with van der Waals surface area (Å²) < 4.78 is 5.27. The van der Waals surface area contributed by atoms with Crippen LogP contribution in [0.1, 0.15) is 25.3 Å². The Morgan fingerprint density at radius 3 is 2.63 bits per heavy atom. The fourth-order valence-corrected chi connectivity index (χ4v) is 2.29. The molecule has 106 valence electrons. The van der Waals surface area contributed by atoms with Crippen molar-refractivity contribution in [2.24, 2.45) is 0 Å². The summed E-state index contributed by atoms with van der Waals surface area (Å²) in [6.45, 7) is 3.78. The van der Waals surface area contributed by atoms with E-state index in [1.165, 1.54) is 6.33 Å². The van der Waals surface area contributed by atoms with E-state index in [-0.39, 0.29) is 0 Å². The summed E-state index contributed by atoms with van der Waals surface area (Å²) in [7, 11) is 1.84. The molecule has 1 fully saturated rings. The van der Waals surface area contributed by atoms with Crippen molar-refractivity contribution in [3.63, 3.8) is 0 Å². The van der Waals surface area contributed by atoms with Crippen LogP contribution in [0, 0.1) is 0 Å². The fourth-order valence-electron chi connectivity index (χ4n) is 2.29. The molecule has 6 heteroatoms. The van der Waals surface area contributed by atoms with Gasteiger partial charge in [0.2, 0.25) is 0 Å². The maximum atomic E-state index is 10.4. The number of aliphatic hydroxyl groups is 1. The minimum absolute atomic E-state index is 0.490. The molecule has 2 heterocycles. The summed E-state index contributed by atoms with van der Waals surface area (Å²) in [5.41, 5.74) is 0.342. The molecule has 0 saturated carbocycles. The van der Waals surface area contributed by atoms with Crippen molar-refractivity contribution < 1.29 is 9.84 Å². The first kappa shape index (κ1) is 14.0. The van der Waals surface area contributed by atoms with Gasteiger partial charge in [0.15, 0.2) is 0 Å². The maximum Gasteiger partial charge on any atom is 0.134 e. The minimum Gasteiger partial charge on any atom is -0.388 e. The van der Waals surface area contributed by atoms with E-state index in [1.54, 1.807) is 0 Å². The predicted octanol–water partition coefficient (Wildman–Crippen LogP) is 1.03. The second kappa shape index (κ2) is 6.16. The van der Waals surface area contributed by atoms with Gasteiger partial charge in [-0.2, -0.15) is 0 Å². The van der Waals surface area contributed by atoms with Gasteiger partial charge in [0.05, 0.1) is 5.60 Å². The third-order valence-electron chi connectivity index (χ3n) is 3.54. The number of nitrogens with one attached hydrogen (secondary N) is 2. The Morgan fingerprint density at radius 2 is 2.00 bits per heavy atom. The lowest BCUT2D eigenvalue weighted by molar-refractivity contribution is -0.0543. The molecule has 0 aromatic carbocycles. The standard InChI is InChI=1S/C13H22N4O2/c1-3-10-11(14-2)16-9-17-12(10)15-8-13(18)4-6-19-7-5-13/h9,18H,3-8H2,1-2H3,(H2,14,15,16,17). The normalized spacial score (nSPS) is 18.1. The van der Waals surface area contributed by atoms with E-state index in [0.29, 0.717) is 32.6 Å². The monoisotopic (exact) mass is 266 g/mol. The number of ether oxygens (including phenoxy) is 1. The SMILES string of the molecule is CCc1c(NC)ncnc1NCC1(O)CCOCC1. The summed E-state index contributed by atoms with van der Waals surface area (Å²) in [6.07, 6.45) is 3.68.